The number of hydrogen-bond donors (Lipinski definition) is 3. The molecule has 0 aromatic rings. The highest BCUT2D eigenvalue weighted by Crippen LogP contribution is 2.25. The molecule has 0 aliphatic carbocycles. The minimum atomic E-state index is -2.33. The van der Waals surface area contributed by atoms with Crippen molar-refractivity contribution in [2.24, 2.45) is 0 Å². The smallest absolute Gasteiger partial charge is 0.344 e. The summed E-state index contributed by atoms with van der Waals surface area (Å²) in [7, 11) is -2.33. The van der Waals surface area contributed by atoms with E-state index in [1.165, 1.54) is 0 Å². The molecule has 40 valence electrons. The Balaban J connectivity index is 0. The highest BCUT2D eigenvalue weighted by molar-refractivity contribution is 7.40. The fraction of sp³-hybridized carbons (Fsp3) is 0. The van der Waals surface area contributed by atoms with Gasteiger partial charge in [0.2, 0.25) is 0 Å². The molecule has 0 aromatic heterocycles. The second-order valence-corrected chi connectivity index (χ2v) is 1.38. The van der Waals surface area contributed by atoms with E-state index in [0.717, 1.165) is 0 Å². The van der Waals surface area contributed by atoms with Crippen LogP contribution in [0, 0.1) is 0 Å². The van der Waals surface area contributed by atoms with Gasteiger partial charge < -0.3 is 15.9 Å². The lowest BCUT2D eigenvalue weighted by molar-refractivity contribution is 0.389. The van der Waals surface area contributed by atoms with Crippen LogP contribution in [0.1, 0.15) is 0 Å². The van der Waals surface area contributed by atoms with Gasteiger partial charge in [-0.1, -0.05) is 0 Å². The van der Waals surface area contributed by atoms with E-state index in [0.29, 0.717) is 0 Å². The van der Waals surface area contributed by atoms with E-state index >= 15 is 0 Å². The van der Waals surface area contributed by atoms with Crippen molar-refractivity contribution >= 4 is 20.5 Å². The van der Waals surface area contributed by atoms with E-state index in [9.17, 15) is 0 Å². The van der Waals surface area contributed by atoms with Crippen LogP contribution >= 0.6 is 20.5 Å². The van der Waals surface area contributed by atoms with Crippen molar-refractivity contribution in [3.8, 4) is 0 Å². The highest BCUT2D eigenvalue weighted by atomic mass is 35.5. The molecule has 6 heavy (non-hydrogen) atoms. The second kappa shape index (κ2) is 5.56. The first-order valence-electron chi connectivity index (χ1n) is 0.737. The van der Waals surface area contributed by atoms with Crippen LogP contribution in [0.4, 0.5) is 0 Å². The fourth-order valence-electron chi connectivity index (χ4n) is 0. The zero-order chi connectivity index (χ0) is 4.28. The van der Waals surface area contributed by atoms with Crippen LogP contribution in [0.25, 0.3) is 0 Å². The lowest BCUT2D eigenvalue weighted by atomic mass is 14.0. The normalized spacial score (nSPS) is 8.00. The van der Waals surface area contributed by atoms with Crippen LogP contribution in [-0.4, -0.2) is 9.79 Å². The van der Waals surface area contributed by atoms with E-state index in [4.69, 9.17) is 9.79 Å². The Hall–Kier alpha value is 0.560. The maximum absolute atomic E-state index is 7.63. The molecule has 0 aliphatic heterocycles. The predicted molar refractivity (Wildman–Crippen MR) is 23.3 cm³/mol. The Bertz CT molecular complexity index is 24.8. The second-order valence-electron chi connectivity index (χ2n) is 0.322. The van der Waals surface area contributed by atoms with Crippen LogP contribution < -0.4 is 6.15 Å². The molecule has 4 nitrogen and oxygen atoms in total. The van der Waals surface area contributed by atoms with Gasteiger partial charge in [-0.05, 0) is 0 Å². The highest BCUT2D eigenvalue weighted by Gasteiger charge is 1.89. The average molecular weight is 133 g/mol. The van der Waals surface area contributed by atoms with Crippen molar-refractivity contribution < 1.29 is 13.9 Å². The molecule has 0 fully saturated rings. The Morgan fingerprint density at radius 3 is 1.67 bits per heavy atom. The molecule has 0 rings (SSSR count). The first kappa shape index (κ1) is 9.75. The largest absolute Gasteiger partial charge is 0.344 e. The van der Waals surface area contributed by atoms with Crippen LogP contribution in [0.15, 0.2) is 0 Å². The van der Waals surface area contributed by atoms with Gasteiger partial charge in [0.25, 0.3) is 0 Å². The first-order chi connectivity index (χ1) is 2.27. The first-order valence-corrected chi connectivity index (χ1v) is 2.21. The molecule has 0 atom stereocenters. The quantitative estimate of drug-likeness (QED) is 0.456. The van der Waals surface area contributed by atoms with Crippen molar-refractivity contribution in [2.45, 2.75) is 0 Å². The van der Waals surface area contributed by atoms with E-state index in [1.54, 1.807) is 0 Å². The third-order valence-electron chi connectivity index (χ3n) is 0.0617. The minimum Gasteiger partial charge on any atom is -0.344 e. The van der Waals surface area contributed by atoms with Crippen LogP contribution in [0.2, 0.25) is 0 Å². The van der Waals surface area contributed by atoms with Crippen molar-refractivity contribution in [3.63, 3.8) is 0 Å². The molecule has 0 unspecified atom stereocenters. The molecule has 0 aliphatic rings. The molecule has 0 spiro atoms. The molecule has 6 heteroatoms. The zero-order valence-electron chi connectivity index (χ0n) is 2.83. The van der Waals surface area contributed by atoms with Gasteiger partial charge in [0.05, 0.1) is 11.9 Å². The van der Waals surface area contributed by atoms with Gasteiger partial charge in [0.15, 0.2) is 0 Å². The average Bonchev–Trinajstić information content (AvgIpc) is 1.38. The Labute approximate surface area is 41.4 Å². The summed E-state index contributed by atoms with van der Waals surface area (Å²) in [5.74, 6) is 0. The monoisotopic (exact) mass is 133 g/mol. The van der Waals surface area contributed by atoms with Crippen molar-refractivity contribution in [1.29, 1.82) is 0 Å². The van der Waals surface area contributed by atoms with Gasteiger partial charge >= 0.3 is 8.60 Å². The maximum atomic E-state index is 7.63. The summed E-state index contributed by atoms with van der Waals surface area (Å²) in [5, 5.41) is 0. The van der Waals surface area contributed by atoms with Gasteiger partial charge in [-0.15, -0.1) is 0 Å². The standard InChI is InChI=1S/ClH2O3P.H3N/c1-4-5(2)3;/h2-3H;1H3. The molecule has 0 saturated heterocycles. The van der Waals surface area contributed by atoms with Gasteiger partial charge in [-0.25, -0.2) is 0 Å². The topological polar surface area (TPSA) is 84.7 Å². The summed E-state index contributed by atoms with van der Waals surface area (Å²) in [4.78, 5) is 15.3. The minimum absolute atomic E-state index is 0. The van der Waals surface area contributed by atoms with E-state index in [1.807, 2.05) is 0 Å². The molecule has 0 saturated carbocycles. The number of hydrogen-bond acceptors (Lipinski definition) is 4. The van der Waals surface area contributed by atoms with E-state index in [2.05, 4.69) is 15.9 Å². The molecule has 0 radical (unpaired) electrons. The summed E-state index contributed by atoms with van der Waals surface area (Å²) < 4.78 is 3.40. The molecule has 0 bridgehead atoms. The lowest BCUT2D eigenvalue weighted by Gasteiger charge is -1.85. The van der Waals surface area contributed by atoms with E-state index < -0.39 is 8.60 Å². The van der Waals surface area contributed by atoms with E-state index in [-0.39, 0.29) is 6.15 Å². The molecule has 0 aromatic carbocycles. The van der Waals surface area contributed by atoms with Crippen LogP contribution in [0.5, 0.6) is 0 Å². The third kappa shape index (κ3) is 8.82. The van der Waals surface area contributed by atoms with Crippen molar-refractivity contribution in [1.82, 2.24) is 6.15 Å². The number of halogens is 1. The Morgan fingerprint density at radius 1 is 1.50 bits per heavy atom. The lowest BCUT2D eigenvalue weighted by Crippen LogP contribution is -1.59. The Kier molecular flexibility index (Phi) is 9.04. The predicted octanol–water partition coefficient (Wildman–Crippen LogP) is 0.530. The van der Waals surface area contributed by atoms with Gasteiger partial charge in [0.1, 0.15) is 0 Å². The molecular weight excluding hydrogens is 128 g/mol. The van der Waals surface area contributed by atoms with Crippen LogP contribution in [-0.2, 0) is 4.08 Å². The SMILES string of the molecule is N.OP(O)OCl. The summed E-state index contributed by atoms with van der Waals surface area (Å²) in [6.07, 6.45) is 0. The van der Waals surface area contributed by atoms with Crippen molar-refractivity contribution in [3.05, 3.63) is 0 Å². The molecule has 0 amide bonds. The third-order valence-corrected chi connectivity index (χ3v) is 0.555. The summed E-state index contributed by atoms with van der Waals surface area (Å²) in [6.45, 7) is 0. The summed E-state index contributed by atoms with van der Waals surface area (Å²) >= 11 is 4.37. The van der Waals surface area contributed by atoms with Gasteiger partial charge in [-0.2, -0.15) is 4.08 Å². The molecule has 0 heterocycles. The fourth-order valence-corrected chi connectivity index (χ4v) is 0. The van der Waals surface area contributed by atoms with Crippen molar-refractivity contribution in [2.75, 3.05) is 0 Å². The van der Waals surface area contributed by atoms with Gasteiger partial charge in [0, 0.05) is 0 Å². The summed E-state index contributed by atoms with van der Waals surface area (Å²) in [5.41, 5.74) is 0. The maximum Gasteiger partial charge on any atom is 0.344 e. The van der Waals surface area contributed by atoms with Crippen LogP contribution in [0.3, 0.4) is 0 Å². The Morgan fingerprint density at radius 2 is 1.67 bits per heavy atom. The zero-order valence-corrected chi connectivity index (χ0v) is 4.49. The number of rotatable bonds is 1. The summed E-state index contributed by atoms with van der Waals surface area (Å²) in [6, 6.07) is 0. The van der Waals surface area contributed by atoms with Gasteiger partial charge in [-0.3, -0.25) is 0 Å². The molecule has 5 N–H and O–H groups in total. The molecular formula is H5ClNO3P.